The van der Waals surface area contributed by atoms with Crippen LogP contribution in [-0.2, 0) is 23.9 Å². The summed E-state index contributed by atoms with van der Waals surface area (Å²) in [5.74, 6) is -2.54. The number of amides is 1. The average molecular weight is 579 g/mol. The molecule has 0 fully saturated rings. The number of ether oxygens (including phenoxy) is 2. The maximum absolute atomic E-state index is 13.6. The summed E-state index contributed by atoms with van der Waals surface area (Å²) in [5, 5.41) is 19.1. The number of anilines is 1. The van der Waals surface area contributed by atoms with Crippen molar-refractivity contribution < 1.29 is 38.9 Å². The van der Waals surface area contributed by atoms with Crippen LogP contribution in [0, 0.1) is 0 Å². The maximum Gasteiger partial charge on any atom is 0.328 e. The summed E-state index contributed by atoms with van der Waals surface area (Å²) in [7, 11) is 1.60. The topological polar surface area (TPSA) is 142 Å². The van der Waals surface area contributed by atoms with E-state index in [1.165, 1.54) is 18.7 Å². The van der Waals surface area contributed by atoms with Gasteiger partial charge in [-0.3, -0.25) is 9.59 Å². The molecule has 12 heteroatoms. The van der Waals surface area contributed by atoms with E-state index in [9.17, 15) is 19.2 Å². The second-order valence-electron chi connectivity index (χ2n) is 8.20. The third-order valence-corrected chi connectivity index (χ3v) is 6.89. The molecule has 3 N–H and O–H groups in total. The molecule has 10 nitrogen and oxygen atoms in total. The largest absolute Gasteiger partial charge is 0.497 e. The summed E-state index contributed by atoms with van der Waals surface area (Å²) >= 11 is 7.76. The van der Waals surface area contributed by atoms with Gasteiger partial charge in [-0.1, -0.05) is 30.7 Å². The predicted molar refractivity (Wildman–Crippen MR) is 149 cm³/mol. The van der Waals surface area contributed by atoms with Crippen LogP contribution in [0.15, 0.2) is 59.5 Å². The van der Waals surface area contributed by atoms with Crippen molar-refractivity contribution >= 4 is 52.9 Å². The monoisotopic (exact) mass is 578 g/mol. The van der Waals surface area contributed by atoms with Crippen LogP contribution >= 0.6 is 23.4 Å². The molecule has 210 valence electrons. The molecule has 0 radical (unpaired) electrons. The van der Waals surface area contributed by atoms with E-state index >= 15 is 0 Å². The lowest BCUT2D eigenvalue weighted by Crippen LogP contribution is -2.45. The average Bonchev–Trinajstić information content (AvgIpc) is 3.00. The van der Waals surface area contributed by atoms with Gasteiger partial charge in [0.1, 0.15) is 5.75 Å². The van der Waals surface area contributed by atoms with Crippen LogP contribution in [0.4, 0.5) is 5.69 Å². The minimum atomic E-state index is -1.26. The Kier molecular flexibility index (Phi) is 12.8. The van der Waals surface area contributed by atoms with Gasteiger partial charge in [0, 0.05) is 42.1 Å². The number of halogens is 1. The smallest absolute Gasteiger partial charge is 0.328 e. The third kappa shape index (κ3) is 9.93. The van der Waals surface area contributed by atoms with Gasteiger partial charge < -0.3 is 29.9 Å². The van der Waals surface area contributed by atoms with E-state index in [4.69, 9.17) is 31.3 Å². The van der Waals surface area contributed by atoms with Crippen molar-refractivity contribution in [3.05, 3.63) is 65.2 Å². The normalized spacial score (nSPS) is 16.5. The van der Waals surface area contributed by atoms with Crippen molar-refractivity contribution in [1.82, 2.24) is 5.32 Å². The molecular formula is C27H31ClN2O8S. The third-order valence-electron chi connectivity index (χ3n) is 5.30. The number of esters is 1. The maximum atomic E-state index is 13.6. The van der Waals surface area contributed by atoms with Crippen molar-refractivity contribution in [1.29, 1.82) is 0 Å². The number of nitrogens with one attached hydrogen (secondary N) is 1. The molecule has 0 unspecified atom stereocenters. The van der Waals surface area contributed by atoms with E-state index < -0.39 is 29.3 Å². The van der Waals surface area contributed by atoms with Crippen molar-refractivity contribution in [2.45, 2.75) is 36.5 Å². The first kappa shape index (κ1) is 31.7. The highest BCUT2D eigenvalue weighted by molar-refractivity contribution is 7.99. The van der Waals surface area contributed by atoms with Crippen LogP contribution < -0.4 is 15.0 Å². The SMILES string of the molecule is CCCNCCN1C(=O)[C@@H](OC(C)=O)[C@@H](c2ccc(OC)cc2)Sc2cc(Cl)ccc21.O=C(O)/C=C/C(=O)O. The minimum Gasteiger partial charge on any atom is -0.497 e. The lowest BCUT2D eigenvalue weighted by atomic mass is 10.1. The number of hydrogen-bond donors (Lipinski definition) is 3. The van der Waals surface area contributed by atoms with Crippen LogP contribution in [0.2, 0.25) is 5.02 Å². The fourth-order valence-electron chi connectivity index (χ4n) is 3.60. The standard InChI is InChI=1S/C23H27ClN2O4S.C4H4O4/c1-4-11-25-12-13-26-19-10-7-17(24)14-20(19)31-22(21(23(26)28)30-15(2)27)16-5-8-18(29-3)9-6-16;5-3(6)1-2-4(7)8/h5-10,14,21-22,25H,4,11-13H2,1-3H3;1-2H,(H,5,6)(H,7,8)/b;2-1+/t21-,22+;/m0./s1. The zero-order valence-electron chi connectivity index (χ0n) is 21.8. The fraction of sp³-hybridized carbons (Fsp3) is 0.333. The second-order valence-corrected chi connectivity index (χ2v) is 9.82. The Hall–Kier alpha value is -3.54. The highest BCUT2D eigenvalue weighted by atomic mass is 35.5. The number of carboxylic acids is 2. The molecule has 0 aromatic heterocycles. The highest BCUT2D eigenvalue weighted by Gasteiger charge is 2.40. The lowest BCUT2D eigenvalue weighted by molar-refractivity contribution is -0.152. The number of carbonyl (C=O) groups is 4. The van der Waals surface area contributed by atoms with Crippen molar-refractivity contribution in [3.8, 4) is 5.75 Å². The molecule has 0 aliphatic carbocycles. The van der Waals surface area contributed by atoms with Gasteiger partial charge in [-0.05, 0) is 48.9 Å². The predicted octanol–water partition coefficient (Wildman–Crippen LogP) is 4.17. The number of thioether (sulfide) groups is 1. The first-order chi connectivity index (χ1) is 18.6. The van der Waals surface area contributed by atoms with Gasteiger partial charge in [0.15, 0.2) is 6.10 Å². The molecule has 2 atom stereocenters. The molecule has 0 saturated carbocycles. The van der Waals surface area contributed by atoms with Crippen molar-refractivity contribution in [3.63, 3.8) is 0 Å². The number of fused-ring (bicyclic) bond motifs is 1. The summed E-state index contributed by atoms with van der Waals surface area (Å²) in [6.45, 7) is 5.37. The quantitative estimate of drug-likeness (QED) is 0.213. The Labute approximate surface area is 235 Å². The van der Waals surface area contributed by atoms with Crippen LogP contribution in [0.1, 0.15) is 31.1 Å². The molecule has 0 bridgehead atoms. The number of rotatable bonds is 10. The minimum absolute atomic E-state index is 0.247. The number of carbonyl (C=O) groups excluding carboxylic acids is 2. The summed E-state index contributed by atoms with van der Waals surface area (Å²) < 4.78 is 10.8. The first-order valence-electron chi connectivity index (χ1n) is 12.0. The van der Waals surface area contributed by atoms with Gasteiger partial charge in [-0.2, -0.15) is 0 Å². The van der Waals surface area contributed by atoms with Gasteiger partial charge in [-0.25, -0.2) is 9.59 Å². The summed E-state index contributed by atoms with van der Waals surface area (Å²) in [5.41, 5.74) is 1.63. The van der Waals surface area contributed by atoms with Gasteiger partial charge in [-0.15, -0.1) is 11.8 Å². The Balaban J connectivity index is 0.000000580. The first-order valence-corrected chi connectivity index (χ1v) is 13.3. The fourth-order valence-corrected chi connectivity index (χ4v) is 5.19. The van der Waals surface area contributed by atoms with Crippen LogP contribution in [0.3, 0.4) is 0 Å². The Bertz CT molecular complexity index is 1170. The number of benzene rings is 2. The number of nitrogens with zero attached hydrogens (tertiary/aromatic N) is 1. The van der Waals surface area contributed by atoms with Gasteiger partial charge in [0.25, 0.3) is 5.91 Å². The van der Waals surface area contributed by atoms with Crippen molar-refractivity contribution in [2.24, 2.45) is 0 Å². The molecule has 39 heavy (non-hydrogen) atoms. The Morgan fingerprint density at radius 1 is 1.08 bits per heavy atom. The van der Waals surface area contributed by atoms with E-state index in [0.717, 1.165) is 29.1 Å². The molecule has 3 rings (SSSR count). The number of carboxylic acid groups (broad SMARTS) is 2. The molecule has 2 aromatic carbocycles. The Morgan fingerprint density at radius 3 is 2.26 bits per heavy atom. The molecule has 0 spiro atoms. The van der Waals surface area contributed by atoms with Gasteiger partial charge in [0.05, 0.1) is 18.0 Å². The van der Waals surface area contributed by atoms with Crippen LogP contribution in [0.5, 0.6) is 5.75 Å². The zero-order valence-corrected chi connectivity index (χ0v) is 23.3. The molecule has 0 saturated heterocycles. The highest BCUT2D eigenvalue weighted by Crippen LogP contribution is 2.47. The van der Waals surface area contributed by atoms with Gasteiger partial charge in [0.2, 0.25) is 0 Å². The van der Waals surface area contributed by atoms with E-state index in [-0.39, 0.29) is 5.91 Å². The second kappa shape index (κ2) is 15.8. The summed E-state index contributed by atoms with van der Waals surface area (Å²) in [4.78, 5) is 47.2. The van der Waals surface area contributed by atoms with E-state index in [1.54, 1.807) is 18.1 Å². The number of aliphatic carboxylic acids is 2. The Morgan fingerprint density at radius 2 is 1.72 bits per heavy atom. The molecule has 1 heterocycles. The molecule has 1 aliphatic rings. The molecule has 1 amide bonds. The molecular weight excluding hydrogens is 548 g/mol. The van der Waals surface area contributed by atoms with E-state index in [0.29, 0.717) is 36.0 Å². The molecule has 2 aromatic rings. The number of methoxy groups -OCH3 is 1. The van der Waals surface area contributed by atoms with Crippen molar-refractivity contribution in [2.75, 3.05) is 31.6 Å². The summed E-state index contributed by atoms with van der Waals surface area (Å²) in [6, 6.07) is 12.9. The van der Waals surface area contributed by atoms with Crippen LogP contribution in [0.25, 0.3) is 0 Å². The summed E-state index contributed by atoms with van der Waals surface area (Å²) in [6.07, 6.45) is 1.16. The lowest BCUT2D eigenvalue weighted by Gasteiger charge is -2.27. The number of hydrogen-bond acceptors (Lipinski definition) is 8. The van der Waals surface area contributed by atoms with Gasteiger partial charge >= 0.3 is 17.9 Å². The zero-order chi connectivity index (χ0) is 28.9. The molecule has 1 aliphatic heterocycles. The van der Waals surface area contributed by atoms with Crippen LogP contribution in [-0.4, -0.2) is 66.9 Å². The van der Waals surface area contributed by atoms with E-state index in [1.807, 2.05) is 36.4 Å². The van der Waals surface area contributed by atoms with E-state index in [2.05, 4.69) is 12.2 Å².